The van der Waals surface area contributed by atoms with Crippen LogP contribution < -0.4 is 10.2 Å². The number of nitrogens with zero attached hydrogens (tertiary/aromatic N) is 4. The van der Waals surface area contributed by atoms with E-state index >= 15 is 0 Å². The minimum Gasteiger partial charge on any atom is -0.345 e. The molecule has 1 N–H and O–H groups in total. The van der Waals surface area contributed by atoms with Crippen molar-refractivity contribution in [1.82, 2.24) is 19.9 Å². The molecule has 0 unspecified atom stereocenters. The molecular weight excluding hydrogens is 354 g/mol. The molecule has 1 aromatic carbocycles. The van der Waals surface area contributed by atoms with Gasteiger partial charge in [-0.3, -0.25) is 14.0 Å². The maximum absolute atomic E-state index is 12.5. The number of benzene rings is 1. The van der Waals surface area contributed by atoms with Gasteiger partial charge >= 0.3 is 0 Å². The van der Waals surface area contributed by atoms with Crippen LogP contribution in [0.4, 0.5) is 5.69 Å². The normalized spacial score (nSPS) is 14.2. The van der Waals surface area contributed by atoms with Crippen molar-refractivity contribution < 1.29 is 9.59 Å². The Morgan fingerprint density at radius 2 is 2.12 bits per heavy atom. The number of aromatic nitrogens is 3. The summed E-state index contributed by atoms with van der Waals surface area (Å²) in [7, 11) is 0. The van der Waals surface area contributed by atoms with Crippen LogP contribution in [0.15, 0.2) is 42.6 Å². The topological polar surface area (TPSA) is 79.6 Å². The third kappa shape index (κ3) is 3.01. The summed E-state index contributed by atoms with van der Waals surface area (Å²) in [6.07, 6.45) is 3.15. The van der Waals surface area contributed by atoms with Crippen molar-refractivity contribution in [3.05, 3.63) is 59.0 Å². The van der Waals surface area contributed by atoms with Crippen molar-refractivity contribution in [2.24, 2.45) is 0 Å². The number of halogens is 1. The van der Waals surface area contributed by atoms with Crippen molar-refractivity contribution >= 4 is 34.7 Å². The Bertz CT molecular complexity index is 1000. The first-order valence-electron chi connectivity index (χ1n) is 8.30. The molecule has 2 aromatic heterocycles. The zero-order chi connectivity index (χ0) is 18.1. The molecule has 0 bridgehead atoms. The predicted octanol–water partition coefficient (Wildman–Crippen LogP) is 2.44. The third-order valence-electron chi connectivity index (χ3n) is 4.36. The van der Waals surface area contributed by atoms with Gasteiger partial charge in [-0.1, -0.05) is 17.7 Å². The molecule has 3 aromatic rings. The smallest absolute Gasteiger partial charge is 0.251 e. The number of hydrogen-bond donors (Lipinski definition) is 1. The SMILES string of the molecule is O=C(NCc1nnc2ccccn12)c1ccc(Cl)c(N2CCCC2=O)c1. The minimum absolute atomic E-state index is 0.0272. The molecule has 132 valence electrons. The lowest BCUT2D eigenvalue weighted by molar-refractivity contribution is -0.117. The summed E-state index contributed by atoms with van der Waals surface area (Å²) in [5.74, 6) is 0.402. The second kappa shape index (κ2) is 6.76. The van der Waals surface area contributed by atoms with Crippen molar-refractivity contribution in [3.8, 4) is 0 Å². The molecular formula is C18H16ClN5O2. The van der Waals surface area contributed by atoms with Gasteiger partial charge in [-0.2, -0.15) is 0 Å². The number of amides is 2. The molecule has 0 atom stereocenters. The lowest BCUT2D eigenvalue weighted by Gasteiger charge is -2.18. The van der Waals surface area contributed by atoms with E-state index in [0.29, 0.717) is 35.1 Å². The van der Waals surface area contributed by atoms with E-state index in [1.54, 1.807) is 23.1 Å². The highest BCUT2D eigenvalue weighted by molar-refractivity contribution is 6.34. The Kier molecular flexibility index (Phi) is 4.30. The summed E-state index contributed by atoms with van der Waals surface area (Å²) in [5, 5.41) is 11.4. The van der Waals surface area contributed by atoms with Gasteiger partial charge in [-0.25, -0.2) is 0 Å². The summed E-state index contributed by atoms with van der Waals surface area (Å²) in [6, 6.07) is 10.5. The molecule has 0 radical (unpaired) electrons. The number of nitrogens with one attached hydrogen (secondary N) is 1. The lowest BCUT2D eigenvalue weighted by atomic mass is 10.1. The standard InChI is InChI=1S/C18H16ClN5O2/c19-13-7-6-12(10-14(13)23-9-3-5-17(23)25)18(26)20-11-16-22-21-15-4-1-2-8-24(15)16/h1-2,4,6-8,10H,3,5,9,11H2,(H,20,26). The minimum atomic E-state index is -0.262. The van der Waals surface area contributed by atoms with E-state index in [-0.39, 0.29) is 18.4 Å². The fourth-order valence-electron chi connectivity index (χ4n) is 3.04. The van der Waals surface area contributed by atoms with Gasteiger partial charge in [0.15, 0.2) is 11.5 Å². The molecule has 1 fully saturated rings. The van der Waals surface area contributed by atoms with Crippen molar-refractivity contribution in [2.45, 2.75) is 19.4 Å². The van der Waals surface area contributed by atoms with Crippen LogP contribution in [-0.2, 0) is 11.3 Å². The molecule has 3 heterocycles. The second-order valence-corrected chi connectivity index (χ2v) is 6.45. The Morgan fingerprint density at radius 1 is 1.23 bits per heavy atom. The lowest BCUT2D eigenvalue weighted by Crippen LogP contribution is -2.26. The van der Waals surface area contributed by atoms with Crippen LogP contribution in [-0.4, -0.2) is 33.0 Å². The summed E-state index contributed by atoms with van der Waals surface area (Å²) in [5.41, 5.74) is 1.74. The molecule has 1 aliphatic rings. The first kappa shape index (κ1) is 16.5. The van der Waals surface area contributed by atoms with Gasteiger partial charge in [0.05, 0.1) is 17.3 Å². The van der Waals surface area contributed by atoms with Crippen LogP contribution in [0.3, 0.4) is 0 Å². The molecule has 26 heavy (non-hydrogen) atoms. The Morgan fingerprint density at radius 3 is 2.92 bits per heavy atom. The maximum Gasteiger partial charge on any atom is 0.251 e. The van der Waals surface area contributed by atoms with Crippen LogP contribution in [0.2, 0.25) is 5.02 Å². The van der Waals surface area contributed by atoms with E-state index in [1.807, 2.05) is 28.8 Å². The van der Waals surface area contributed by atoms with Crippen molar-refractivity contribution in [3.63, 3.8) is 0 Å². The zero-order valence-corrected chi connectivity index (χ0v) is 14.6. The van der Waals surface area contributed by atoms with Crippen molar-refractivity contribution in [2.75, 3.05) is 11.4 Å². The van der Waals surface area contributed by atoms with Crippen LogP contribution in [0.5, 0.6) is 0 Å². The van der Waals surface area contributed by atoms with Gasteiger partial charge < -0.3 is 10.2 Å². The molecule has 0 saturated carbocycles. The highest BCUT2D eigenvalue weighted by atomic mass is 35.5. The summed E-state index contributed by atoms with van der Waals surface area (Å²) < 4.78 is 1.82. The number of carbonyl (C=O) groups excluding carboxylic acids is 2. The average Bonchev–Trinajstić information content (AvgIpc) is 3.26. The highest BCUT2D eigenvalue weighted by Gasteiger charge is 2.24. The van der Waals surface area contributed by atoms with Gasteiger partial charge in [0.1, 0.15) is 0 Å². The fraction of sp³-hybridized carbons (Fsp3) is 0.222. The highest BCUT2D eigenvalue weighted by Crippen LogP contribution is 2.30. The van der Waals surface area contributed by atoms with Crippen LogP contribution in [0.1, 0.15) is 29.0 Å². The summed E-state index contributed by atoms with van der Waals surface area (Å²) in [6.45, 7) is 0.861. The van der Waals surface area contributed by atoms with E-state index in [0.717, 1.165) is 12.1 Å². The predicted molar refractivity (Wildman–Crippen MR) is 97.2 cm³/mol. The number of carbonyl (C=O) groups is 2. The average molecular weight is 370 g/mol. The van der Waals surface area contributed by atoms with E-state index < -0.39 is 0 Å². The zero-order valence-electron chi connectivity index (χ0n) is 13.9. The van der Waals surface area contributed by atoms with E-state index in [9.17, 15) is 9.59 Å². The number of rotatable bonds is 4. The molecule has 1 saturated heterocycles. The summed E-state index contributed by atoms with van der Waals surface area (Å²) in [4.78, 5) is 26.1. The fourth-order valence-corrected chi connectivity index (χ4v) is 3.26. The van der Waals surface area contributed by atoms with Crippen LogP contribution >= 0.6 is 11.6 Å². The molecule has 8 heteroatoms. The van der Waals surface area contributed by atoms with Crippen LogP contribution in [0, 0.1) is 0 Å². The van der Waals surface area contributed by atoms with Crippen LogP contribution in [0.25, 0.3) is 5.65 Å². The largest absolute Gasteiger partial charge is 0.345 e. The molecule has 4 rings (SSSR count). The van der Waals surface area contributed by atoms with Gasteiger partial charge in [0.2, 0.25) is 5.91 Å². The number of hydrogen-bond acceptors (Lipinski definition) is 4. The molecule has 0 spiro atoms. The Balaban J connectivity index is 1.52. The monoisotopic (exact) mass is 369 g/mol. The maximum atomic E-state index is 12.5. The van der Waals surface area contributed by atoms with E-state index in [2.05, 4.69) is 15.5 Å². The third-order valence-corrected chi connectivity index (χ3v) is 4.68. The first-order chi connectivity index (χ1) is 12.6. The van der Waals surface area contributed by atoms with Gasteiger partial charge in [-0.05, 0) is 36.8 Å². The van der Waals surface area contributed by atoms with E-state index in [4.69, 9.17) is 11.6 Å². The first-order valence-corrected chi connectivity index (χ1v) is 8.68. The number of anilines is 1. The summed E-state index contributed by atoms with van der Waals surface area (Å²) >= 11 is 6.22. The quantitative estimate of drug-likeness (QED) is 0.766. The molecule has 2 amide bonds. The van der Waals surface area contributed by atoms with Gasteiger partial charge in [-0.15, -0.1) is 10.2 Å². The Labute approximate surface area is 154 Å². The number of fused-ring (bicyclic) bond motifs is 1. The Hall–Kier alpha value is -2.93. The second-order valence-electron chi connectivity index (χ2n) is 6.04. The van der Waals surface area contributed by atoms with Gasteiger partial charge in [0, 0.05) is 24.7 Å². The molecule has 7 nitrogen and oxygen atoms in total. The molecule has 1 aliphatic heterocycles. The van der Waals surface area contributed by atoms with Gasteiger partial charge in [0.25, 0.3) is 5.91 Å². The van der Waals surface area contributed by atoms with E-state index in [1.165, 1.54) is 0 Å². The van der Waals surface area contributed by atoms with Crippen molar-refractivity contribution in [1.29, 1.82) is 0 Å². The molecule has 0 aliphatic carbocycles. The number of pyridine rings is 1.